The van der Waals surface area contributed by atoms with Crippen molar-refractivity contribution in [3.8, 4) is 0 Å². The van der Waals surface area contributed by atoms with E-state index in [-0.39, 0.29) is 17.8 Å². The fourth-order valence-corrected chi connectivity index (χ4v) is 3.27. The van der Waals surface area contributed by atoms with E-state index >= 15 is 0 Å². The molecule has 0 N–H and O–H groups in total. The Morgan fingerprint density at radius 2 is 2.33 bits per heavy atom. The molecule has 1 amide bonds. The van der Waals surface area contributed by atoms with Crippen LogP contribution in [0.15, 0.2) is 18.2 Å². The second-order valence-corrected chi connectivity index (χ2v) is 6.60. The summed E-state index contributed by atoms with van der Waals surface area (Å²) in [5.74, 6) is -0.482. The summed E-state index contributed by atoms with van der Waals surface area (Å²) in [6.07, 6.45) is 4.91. The molecule has 1 aliphatic rings. The zero-order valence-corrected chi connectivity index (χ0v) is 13.5. The molecule has 0 aliphatic carbocycles. The molecule has 1 aliphatic heterocycles. The van der Waals surface area contributed by atoms with Gasteiger partial charge in [0, 0.05) is 24.0 Å². The first-order valence-electron chi connectivity index (χ1n) is 6.99. The molecule has 2 rings (SSSR count). The van der Waals surface area contributed by atoms with E-state index in [1.165, 1.54) is 17.4 Å². The first-order valence-corrected chi connectivity index (χ1v) is 8.18. The van der Waals surface area contributed by atoms with Crippen molar-refractivity contribution in [1.82, 2.24) is 4.90 Å². The van der Waals surface area contributed by atoms with Gasteiger partial charge in [0.1, 0.15) is 0 Å². The van der Waals surface area contributed by atoms with Gasteiger partial charge in [0.15, 0.2) is 0 Å². The summed E-state index contributed by atoms with van der Waals surface area (Å²) in [6.45, 7) is 3.29. The standard InChI is InChI=1S/C15H18ClNO3S/c1-2-20-15(19)11-4-3-9-17(10-11)14(18)8-6-12-5-7-13(16)21-12/h5-8,11H,2-4,9-10H2,1H3/b8-6+/t11-/m1/s1. The number of amides is 1. The molecule has 21 heavy (non-hydrogen) atoms. The first kappa shape index (κ1) is 16.0. The summed E-state index contributed by atoms with van der Waals surface area (Å²) in [4.78, 5) is 26.6. The molecule has 1 fully saturated rings. The Kier molecular flexibility index (Phi) is 5.82. The topological polar surface area (TPSA) is 46.6 Å². The molecule has 0 aromatic carbocycles. The van der Waals surface area contributed by atoms with Crippen LogP contribution in [-0.4, -0.2) is 36.5 Å². The van der Waals surface area contributed by atoms with E-state index in [9.17, 15) is 9.59 Å². The first-order chi connectivity index (χ1) is 10.1. The van der Waals surface area contributed by atoms with Gasteiger partial charge in [0.2, 0.25) is 5.91 Å². The monoisotopic (exact) mass is 327 g/mol. The molecule has 1 saturated heterocycles. The van der Waals surface area contributed by atoms with E-state index < -0.39 is 0 Å². The minimum Gasteiger partial charge on any atom is -0.466 e. The van der Waals surface area contributed by atoms with Gasteiger partial charge in [-0.25, -0.2) is 0 Å². The lowest BCUT2D eigenvalue weighted by molar-refractivity contribution is -0.150. The SMILES string of the molecule is CCOC(=O)[C@@H]1CCCN(C(=O)/C=C/c2ccc(Cl)s2)C1. The van der Waals surface area contributed by atoms with E-state index in [1.54, 1.807) is 24.0 Å². The van der Waals surface area contributed by atoms with Crippen LogP contribution >= 0.6 is 22.9 Å². The third-order valence-corrected chi connectivity index (χ3v) is 4.53. The lowest BCUT2D eigenvalue weighted by Crippen LogP contribution is -2.42. The van der Waals surface area contributed by atoms with Crippen molar-refractivity contribution in [3.63, 3.8) is 0 Å². The number of ether oxygens (including phenoxy) is 1. The normalized spacial score (nSPS) is 19.0. The second kappa shape index (κ2) is 7.61. The number of nitrogens with zero attached hydrogens (tertiary/aromatic N) is 1. The third-order valence-electron chi connectivity index (χ3n) is 3.34. The number of rotatable bonds is 4. The highest BCUT2D eigenvalue weighted by molar-refractivity contribution is 7.17. The van der Waals surface area contributed by atoms with Gasteiger partial charge >= 0.3 is 5.97 Å². The van der Waals surface area contributed by atoms with Crippen LogP contribution < -0.4 is 0 Å². The highest BCUT2D eigenvalue weighted by atomic mass is 35.5. The van der Waals surface area contributed by atoms with Crippen molar-refractivity contribution < 1.29 is 14.3 Å². The highest BCUT2D eigenvalue weighted by Gasteiger charge is 2.28. The van der Waals surface area contributed by atoms with E-state index in [4.69, 9.17) is 16.3 Å². The summed E-state index contributed by atoms with van der Waals surface area (Å²) < 4.78 is 5.73. The number of esters is 1. The molecular weight excluding hydrogens is 310 g/mol. The molecule has 114 valence electrons. The molecule has 6 heteroatoms. The van der Waals surface area contributed by atoms with Crippen LogP contribution in [0.4, 0.5) is 0 Å². The summed E-state index contributed by atoms with van der Waals surface area (Å²) in [5.41, 5.74) is 0. The van der Waals surface area contributed by atoms with Crippen molar-refractivity contribution in [3.05, 3.63) is 27.4 Å². The predicted octanol–water partition coefficient (Wildman–Crippen LogP) is 3.22. The summed E-state index contributed by atoms with van der Waals surface area (Å²) in [6, 6.07) is 3.67. The van der Waals surface area contributed by atoms with Crippen molar-refractivity contribution in [2.75, 3.05) is 19.7 Å². The van der Waals surface area contributed by atoms with Crippen LogP contribution in [0.5, 0.6) is 0 Å². The van der Waals surface area contributed by atoms with Crippen molar-refractivity contribution in [2.24, 2.45) is 5.92 Å². The smallest absolute Gasteiger partial charge is 0.310 e. The second-order valence-electron chi connectivity index (χ2n) is 4.85. The lowest BCUT2D eigenvalue weighted by Gasteiger charge is -2.30. The average Bonchev–Trinajstić information content (AvgIpc) is 2.91. The van der Waals surface area contributed by atoms with Gasteiger partial charge in [0.25, 0.3) is 0 Å². The zero-order chi connectivity index (χ0) is 15.2. The van der Waals surface area contributed by atoms with Crippen LogP contribution in [-0.2, 0) is 14.3 Å². The number of carbonyl (C=O) groups excluding carboxylic acids is 2. The minimum absolute atomic E-state index is 0.0754. The van der Waals surface area contributed by atoms with Crippen molar-refractivity contribution in [2.45, 2.75) is 19.8 Å². The average molecular weight is 328 g/mol. The maximum Gasteiger partial charge on any atom is 0.310 e. The van der Waals surface area contributed by atoms with Gasteiger partial charge in [-0.2, -0.15) is 0 Å². The molecule has 1 aromatic heterocycles. The molecule has 0 unspecified atom stereocenters. The van der Waals surface area contributed by atoms with Crippen LogP contribution in [0.2, 0.25) is 4.34 Å². The van der Waals surface area contributed by atoms with Gasteiger partial charge in [-0.15, -0.1) is 11.3 Å². The van der Waals surface area contributed by atoms with E-state index in [0.29, 0.717) is 24.0 Å². The van der Waals surface area contributed by atoms with E-state index in [0.717, 1.165) is 17.7 Å². The van der Waals surface area contributed by atoms with Crippen LogP contribution in [0, 0.1) is 5.92 Å². The number of hydrogen-bond acceptors (Lipinski definition) is 4. The number of halogens is 1. The van der Waals surface area contributed by atoms with Crippen molar-refractivity contribution >= 4 is 40.9 Å². The zero-order valence-electron chi connectivity index (χ0n) is 11.9. The number of carbonyl (C=O) groups is 2. The summed E-state index contributed by atoms with van der Waals surface area (Å²) in [7, 11) is 0. The maximum atomic E-state index is 12.2. The van der Waals surface area contributed by atoms with Crippen molar-refractivity contribution in [1.29, 1.82) is 0 Å². The van der Waals surface area contributed by atoms with Crippen LogP contribution in [0.25, 0.3) is 6.08 Å². The number of likely N-dealkylation sites (tertiary alicyclic amines) is 1. The van der Waals surface area contributed by atoms with Gasteiger partial charge in [-0.3, -0.25) is 9.59 Å². The Bertz CT molecular complexity index is 541. The molecular formula is C15H18ClNO3S. The maximum absolute atomic E-state index is 12.2. The molecule has 0 radical (unpaired) electrons. The van der Waals surface area contributed by atoms with Gasteiger partial charge in [0.05, 0.1) is 16.9 Å². The molecule has 0 bridgehead atoms. The third kappa shape index (κ3) is 4.58. The molecule has 0 spiro atoms. The Morgan fingerprint density at radius 3 is 3.00 bits per heavy atom. The number of hydrogen-bond donors (Lipinski definition) is 0. The Labute approximate surface area is 133 Å². The summed E-state index contributed by atoms with van der Waals surface area (Å²) >= 11 is 7.27. The molecule has 1 atom stereocenters. The lowest BCUT2D eigenvalue weighted by atomic mass is 9.98. The molecule has 1 aromatic rings. The molecule has 0 saturated carbocycles. The highest BCUT2D eigenvalue weighted by Crippen LogP contribution is 2.23. The minimum atomic E-state index is -0.205. The van der Waals surface area contributed by atoms with Crippen LogP contribution in [0.1, 0.15) is 24.6 Å². The molecule has 4 nitrogen and oxygen atoms in total. The van der Waals surface area contributed by atoms with E-state index in [2.05, 4.69) is 0 Å². The quantitative estimate of drug-likeness (QED) is 0.630. The molecule has 2 heterocycles. The van der Waals surface area contributed by atoms with Gasteiger partial charge in [-0.1, -0.05) is 11.6 Å². The largest absolute Gasteiger partial charge is 0.466 e. The Morgan fingerprint density at radius 1 is 1.52 bits per heavy atom. The fourth-order valence-electron chi connectivity index (χ4n) is 2.31. The fraction of sp³-hybridized carbons (Fsp3) is 0.467. The Balaban J connectivity index is 1.92. The summed E-state index contributed by atoms with van der Waals surface area (Å²) in [5, 5.41) is 0. The van der Waals surface area contributed by atoms with Crippen LogP contribution in [0.3, 0.4) is 0 Å². The van der Waals surface area contributed by atoms with Gasteiger partial charge in [-0.05, 0) is 38.0 Å². The number of piperidine rings is 1. The van der Waals surface area contributed by atoms with E-state index in [1.807, 2.05) is 6.07 Å². The van der Waals surface area contributed by atoms with Gasteiger partial charge < -0.3 is 9.64 Å². The Hall–Kier alpha value is -1.33. The number of thiophene rings is 1. The predicted molar refractivity (Wildman–Crippen MR) is 84.3 cm³/mol.